The summed E-state index contributed by atoms with van der Waals surface area (Å²) >= 11 is 0. The van der Waals surface area contributed by atoms with E-state index in [1.807, 2.05) is 6.92 Å². The number of hydrogen-bond acceptors (Lipinski definition) is 4. The summed E-state index contributed by atoms with van der Waals surface area (Å²) < 4.78 is 10.5. The van der Waals surface area contributed by atoms with Crippen molar-refractivity contribution < 1.29 is 14.3 Å². The van der Waals surface area contributed by atoms with Gasteiger partial charge in [0.05, 0.1) is 19.8 Å². The maximum atomic E-state index is 12.5. The van der Waals surface area contributed by atoms with Crippen molar-refractivity contribution in [1.29, 1.82) is 0 Å². The molecule has 1 aromatic carbocycles. The summed E-state index contributed by atoms with van der Waals surface area (Å²) in [5.41, 5.74) is 0.226. The Morgan fingerprint density at radius 3 is 2.42 bits per heavy atom. The van der Waals surface area contributed by atoms with E-state index in [1.54, 1.807) is 32.4 Å². The number of methoxy groups -OCH3 is 2. The number of carbonyl (C=O) groups is 1. The van der Waals surface area contributed by atoms with Crippen LogP contribution in [0.2, 0.25) is 0 Å². The van der Waals surface area contributed by atoms with Gasteiger partial charge in [-0.15, -0.1) is 0 Å². The molecule has 1 aromatic rings. The smallest absolute Gasteiger partial charge is 0.259 e. The summed E-state index contributed by atoms with van der Waals surface area (Å²) in [5, 5.41) is 6.31. The Morgan fingerprint density at radius 2 is 1.95 bits per heavy atom. The van der Waals surface area contributed by atoms with Crippen molar-refractivity contribution in [3.05, 3.63) is 23.8 Å². The molecular formula is C14H20N2O3. The molecule has 0 spiro atoms. The molecule has 5 nitrogen and oxygen atoms in total. The number of hydrogen-bond donors (Lipinski definition) is 2. The molecule has 1 unspecified atom stereocenters. The van der Waals surface area contributed by atoms with Crippen molar-refractivity contribution in [3.63, 3.8) is 0 Å². The normalized spacial score (nSPS) is 22.1. The second-order valence-electron chi connectivity index (χ2n) is 4.98. The number of rotatable bonds is 4. The van der Waals surface area contributed by atoms with Crippen LogP contribution in [0.15, 0.2) is 18.2 Å². The molecule has 1 atom stereocenters. The molecule has 104 valence electrons. The van der Waals surface area contributed by atoms with Crippen LogP contribution in [0.3, 0.4) is 0 Å². The minimum absolute atomic E-state index is 0.166. The first kappa shape index (κ1) is 13.7. The summed E-state index contributed by atoms with van der Waals surface area (Å²) in [6.45, 7) is 3.73. The third kappa shape index (κ3) is 2.81. The number of nitrogens with one attached hydrogen (secondary N) is 2. The van der Waals surface area contributed by atoms with Crippen LogP contribution in [-0.2, 0) is 0 Å². The van der Waals surface area contributed by atoms with Gasteiger partial charge in [-0.2, -0.15) is 0 Å². The van der Waals surface area contributed by atoms with Crippen LogP contribution >= 0.6 is 0 Å². The number of benzene rings is 1. The highest BCUT2D eigenvalue weighted by Crippen LogP contribution is 2.29. The average molecular weight is 264 g/mol. The Labute approximate surface area is 113 Å². The van der Waals surface area contributed by atoms with Crippen molar-refractivity contribution in [3.8, 4) is 11.5 Å². The van der Waals surface area contributed by atoms with Gasteiger partial charge >= 0.3 is 0 Å². The zero-order valence-electron chi connectivity index (χ0n) is 11.6. The number of amides is 1. The molecule has 0 bridgehead atoms. The zero-order chi connectivity index (χ0) is 13.9. The van der Waals surface area contributed by atoms with Gasteiger partial charge in [0.15, 0.2) is 0 Å². The lowest BCUT2D eigenvalue weighted by atomic mass is 10.0. The first-order valence-corrected chi connectivity index (χ1v) is 6.34. The van der Waals surface area contributed by atoms with Gasteiger partial charge in [0.25, 0.3) is 5.91 Å². The van der Waals surface area contributed by atoms with Crippen LogP contribution in [0.1, 0.15) is 23.7 Å². The lowest BCUT2D eigenvalue weighted by molar-refractivity contribution is 0.0906. The third-order valence-electron chi connectivity index (χ3n) is 3.44. The molecule has 1 amide bonds. The molecule has 0 radical (unpaired) electrons. The highest BCUT2D eigenvalue weighted by atomic mass is 16.5. The van der Waals surface area contributed by atoms with Gasteiger partial charge in [0.1, 0.15) is 17.1 Å². The van der Waals surface area contributed by atoms with Crippen LogP contribution in [0.5, 0.6) is 11.5 Å². The minimum atomic E-state index is -0.219. The van der Waals surface area contributed by atoms with E-state index < -0.39 is 0 Å². The third-order valence-corrected chi connectivity index (χ3v) is 3.44. The summed E-state index contributed by atoms with van der Waals surface area (Å²) in [7, 11) is 3.09. The molecule has 1 aliphatic heterocycles. The molecule has 1 saturated heterocycles. The van der Waals surface area contributed by atoms with Crippen molar-refractivity contribution in [2.24, 2.45) is 0 Å². The van der Waals surface area contributed by atoms with E-state index in [-0.39, 0.29) is 11.4 Å². The Bertz CT molecular complexity index is 446. The highest BCUT2D eigenvalue weighted by Gasteiger charge is 2.32. The molecule has 1 aliphatic rings. The minimum Gasteiger partial charge on any atom is -0.496 e. The van der Waals surface area contributed by atoms with Crippen LogP contribution in [0.4, 0.5) is 0 Å². The molecule has 19 heavy (non-hydrogen) atoms. The van der Waals surface area contributed by atoms with E-state index >= 15 is 0 Å². The highest BCUT2D eigenvalue weighted by molar-refractivity contribution is 6.00. The number of ether oxygens (including phenoxy) is 2. The predicted octanol–water partition coefficient (Wildman–Crippen LogP) is 1.19. The molecule has 0 saturated carbocycles. The molecule has 0 aliphatic carbocycles. The molecule has 1 fully saturated rings. The molecule has 2 rings (SSSR count). The monoisotopic (exact) mass is 264 g/mol. The van der Waals surface area contributed by atoms with Crippen molar-refractivity contribution in [2.45, 2.75) is 18.9 Å². The van der Waals surface area contributed by atoms with Gasteiger partial charge < -0.3 is 20.1 Å². The summed E-state index contributed by atoms with van der Waals surface area (Å²) in [6.07, 6.45) is 0.913. The van der Waals surface area contributed by atoms with E-state index in [4.69, 9.17) is 9.47 Å². The second kappa shape index (κ2) is 5.48. The topological polar surface area (TPSA) is 59.6 Å². The van der Waals surface area contributed by atoms with Crippen LogP contribution in [-0.4, -0.2) is 38.8 Å². The van der Waals surface area contributed by atoms with E-state index in [1.165, 1.54) is 0 Å². The summed E-state index contributed by atoms with van der Waals surface area (Å²) in [5.74, 6) is 0.873. The largest absolute Gasteiger partial charge is 0.496 e. The van der Waals surface area contributed by atoms with Crippen LogP contribution in [0.25, 0.3) is 0 Å². The van der Waals surface area contributed by atoms with E-state index in [0.29, 0.717) is 17.1 Å². The van der Waals surface area contributed by atoms with Crippen LogP contribution in [0, 0.1) is 0 Å². The van der Waals surface area contributed by atoms with Crippen molar-refractivity contribution in [2.75, 3.05) is 27.3 Å². The molecule has 2 N–H and O–H groups in total. The van der Waals surface area contributed by atoms with Gasteiger partial charge in [0.2, 0.25) is 0 Å². The standard InChI is InChI=1S/C14H20N2O3/c1-14(7-8-15-9-14)16-13(17)12-10(18-2)5-4-6-11(12)19-3/h4-6,15H,7-9H2,1-3H3,(H,16,17). The Balaban J connectivity index is 2.27. The Hall–Kier alpha value is -1.75. The maximum absolute atomic E-state index is 12.5. The van der Waals surface area contributed by atoms with E-state index in [2.05, 4.69) is 10.6 Å². The quantitative estimate of drug-likeness (QED) is 0.857. The van der Waals surface area contributed by atoms with Crippen molar-refractivity contribution >= 4 is 5.91 Å². The summed E-state index contributed by atoms with van der Waals surface area (Å²) in [6, 6.07) is 5.31. The summed E-state index contributed by atoms with van der Waals surface area (Å²) in [4.78, 5) is 12.5. The Kier molecular flexibility index (Phi) is 3.95. The van der Waals surface area contributed by atoms with Gasteiger partial charge in [-0.3, -0.25) is 4.79 Å². The van der Waals surface area contributed by atoms with Gasteiger partial charge in [-0.25, -0.2) is 0 Å². The molecule has 5 heteroatoms. The molecule has 0 aromatic heterocycles. The molecule has 1 heterocycles. The van der Waals surface area contributed by atoms with E-state index in [0.717, 1.165) is 19.5 Å². The van der Waals surface area contributed by atoms with Crippen LogP contribution < -0.4 is 20.1 Å². The maximum Gasteiger partial charge on any atom is 0.259 e. The van der Waals surface area contributed by atoms with Gasteiger partial charge in [-0.1, -0.05) is 6.07 Å². The fraction of sp³-hybridized carbons (Fsp3) is 0.500. The van der Waals surface area contributed by atoms with Gasteiger partial charge in [-0.05, 0) is 32.0 Å². The zero-order valence-corrected chi connectivity index (χ0v) is 11.6. The first-order chi connectivity index (χ1) is 9.09. The first-order valence-electron chi connectivity index (χ1n) is 6.34. The lowest BCUT2D eigenvalue weighted by Gasteiger charge is -2.25. The fourth-order valence-corrected chi connectivity index (χ4v) is 2.34. The Morgan fingerprint density at radius 1 is 1.32 bits per heavy atom. The second-order valence-corrected chi connectivity index (χ2v) is 4.98. The number of carbonyl (C=O) groups excluding carboxylic acids is 1. The lowest BCUT2D eigenvalue weighted by Crippen LogP contribution is -2.47. The fourth-order valence-electron chi connectivity index (χ4n) is 2.34. The van der Waals surface area contributed by atoms with E-state index in [9.17, 15) is 4.79 Å². The van der Waals surface area contributed by atoms with Crippen molar-refractivity contribution in [1.82, 2.24) is 10.6 Å². The molecular weight excluding hydrogens is 244 g/mol. The average Bonchev–Trinajstić information content (AvgIpc) is 2.83. The SMILES string of the molecule is COc1cccc(OC)c1C(=O)NC1(C)CCNC1. The predicted molar refractivity (Wildman–Crippen MR) is 72.9 cm³/mol. The van der Waals surface area contributed by atoms with Gasteiger partial charge in [0, 0.05) is 6.54 Å².